The largest absolute Gasteiger partial charge is 0.381 e. The Bertz CT molecular complexity index is 792. The molecule has 0 radical (unpaired) electrons. The van der Waals surface area contributed by atoms with Crippen molar-refractivity contribution in [1.29, 1.82) is 0 Å². The molecule has 0 amide bonds. The van der Waals surface area contributed by atoms with Gasteiger partial charge in [-0.3, -0.25) is 0 Å². The topological polar surface area (TPSA) is 102 Å². The number of aryl methyl sites for hydroxylation is 1. The van der Waals surface area contributed by atoms with Gasteiger partial charge in [0.2, 0.25) is 10.0 Å². The van der Waals surface area contributed by atoms with Crippen molar-refractivity contribution >= 4 is 20.0 Å². The van der Waals surface area contributed by atoms with Crippen molar-refractivity contribution < 1.29 is 21.6 Å². The molecule has 0 bridgehead atoms. The highest BCUT2D eigenvalue weighted by Gasteiger charge is 2.45. The van der Waals surface area contributed by atoms with Gasteiger partial charge in [0.05, 0.1) is 18.6 Å². The molecule has 136 valence electrons. The van der Waals surface area contributed by atoms with Crippen molar-refractivity contribution in [2.45, 2.75) is 30.0 Å². The third kappa shape index (κ3) is 3.36. The summed E-state index contributed by atoms with van der Waals surface area (Å²) in [4.78, 5) is 3.88. The lowest BCUT2D eigenvalue weighted by molar-refractivity contribution is 0.0316. The second kappa shape index (κ2) is 6.37. The molecule has 2 aliphatic heterocycles. The van der Waals surface area contributed by atoms with E-state index in [9.17, 15) is 16.8 Å². The predicted octanol–water partition coefficient (Wildman–Crippen LogP) is -0.766. The Hall–Kier alpha value is -1.01. The summed E-state index contributed by atoms with van der Waals surface area (Å²) >= 11 is 0. The van der Waals surface area contributed by atoms with E-state index < -0.39 is 20.0 Å². The molecule has 0 saturated carbocycles. The zero-order valence-electron chi connectivity index (χ0n) is 13.7. The Balaban J connectivity index is 1.73. The second-order valence-electron chi connectivity index (χ2n) is 6.29. The lowest BCUT2D eigenvalue weighted by Gasteiger charge is -2.46. The van der Waals surface area contributed by atoms with Crippen molar-refractivity contribution in [2.75, 3.05) is 32.6 Å². The number of aromatic nitrogens is 2. The molecule has 2 aliphatic rings. The molecule has 9 nitrogen and oxygen atoms in total. The van der Waals surface area contributed by atoms with Crippen molar-refractivity contribution in [3.63, 3.8) is 0 Å². The summed E-state index contributed by atoms with van der Waals surface area (Å²) in [6.07, 6.45) is 5.32. The molecule has 11 heteroatoms. The fraction of sp³-hybridized carbons (Fsp3) is 0.769. The van der Waals surface area contributed by atoms with Gasteiger partial charge >= 0.3 is 0 Å². The van der Waals surface area contributed by atoms with Crippen molar-refractivity contribution in [3.05, 3.63) is 12.5 Å². The highest BCUT2D eigenvalue weighted by atomic mass is 32.2. The number of ether oxygens (including phenoxy) is 1. The zero-order valence-corrected chi connectivity index (χ0v) is 15.3. The van der Waals surface area contributed by atoms with Crippen LogP contribution in [0.25, 0.3) is 0 Å². The van der Waals surface area contributed by atoms with Crippen LogP contribution in [-0.4, -0.2) is 79.6 Å². The van der Waals surface area contributed by atoms with Gasteiger partial charge in [-0.2, -0.15) is 8.61 Å². The lowest BCUT2D eigenvalue weighted by Crippen LogP contribution is -2.64. The number of sulfonamides is 2. The fourth-order valence-corrected chi connectivity index (χ4v) is 6.12. The van der Waals surface area contributed by atoms with Gasteiger partial charge < -0.3 is 9.30 Å². The molecule has 3 heterocycles. The normalized spacial score (nSPS) is 22.0. The summed E-state index contributed by atoms with van der Waals surface area (Å²) < 4.78 is 59.0. The minimum absolute atomic E-state index is 0.0135. The molecule has 0 aromatic carbocycles. The van der Waals surface area contributed by atoms with Gasteiger partial charge in [0, 0.05) is 45.6 Å². The van der Waals surface area contributed by atoms with E-state index in [0.717, 1.165) is 0 Å². The van der Waals surface area contributed by atoms with E-state index in [2.05, 4.69) is 4.98 Å². The molecule has 1 aromatic rings. The minimum Gasteiger partial charge on any atom is -0.381 e. The average Bonchev–Trinajstić information content (AvgIpc) is 2.89. The zero-order chi connectivity index (χ0) is 17.5. The van der Waals surface area contributed by atoms with Gasteiger partial charge in [0.1, 0.15) is 0 Å². The number of imidazole rings is 1. The molecule has 3 rings (SSSR count). The molecule has 0 N–H and O–H groups in total. The first-order valence-corrected chi connectivity index (χ1v) is 11.0. The van der Waals surface area contributed by atoms with Crippen LogP contribution in [0.4, 0.5) is 0 Å². The number of hydrogen-bond donors (Lipinski definition) is 0. The number of nitrogens with zero attached hydrogens (tertiary/aromatic N) is 4. The third-order valence-electron chi connectivity index (χ3n) is 4.41. The van der Waals surface area contributed by atoms with E-state index in [4.69, 9.17) is 4.74 Å². The molecule has 0 unspecified atom stereocenters. The second-order valence-corrected chi connectivity index (χ2v) is 10.1. The molecule has 1 aromatic heterocycles. The van der Waals surface area contributed by atoms with Crippen LogP contribution in [0, 0.1) is 0 Å². The highest BCUT2D eigenvalue weighted by Crippen LogP contribution is 2.29. The Morgan fingerprint density at radius 1 is 1.17 bits per heavy atom. The monoisotopic (exact) mass is 378 g/mol. The predicted molar refractivity (Wildman–Crippen MR) is 86.3 cm³/mol. The highest BCUT2D eigenvalue weighted by molar-refractivity contribution is 7.89. The molecule has 24 heavy (non-hydrogen) atoms. The quantitative estimate of drug-likeness (QED) is 0.667. The van der Waals surface area contributed by atoms with Gasteiger partial charge in [-0.1, -0.05) is 0 Å². The maximum atomic E-state index is 12.5. The summed E-state index contributed by atoms with van der Waals surface area (Å²) in [6, 6.07) is -0.458. The molecule has 2 saturated heterocycles. The van der Waals surface area contributed by atoms with Crippen molar-refractivity contribution in [2.24, 2.45) is 7.05 Å². The van der Waals surface area contributed by atoms with Gasteiger partial charge in [-0.15, -0.1) is 0 Å². The first-order chi connectivity index (χ1) is 11.2. The third-order valence-corrected chi connectivity index (χ3v) is 7.49. The van der Waals surface area contributed by atoms with Crippen LogP contribution in [0.5, 0.6) is 0 Å². The standard InChI is InChI=1S/C13H22N4O5S2/c1-15-9-13(14-10-15)24(20,21)16-7-12(8-16)17(23(2,18)19)11-3-5-22-6-4-11/h9-12H,3-8H2,1-2H3. The molecular formula is C13H22N4O5S2. The van der Waals surface area contributed by atoms with Crippen molar-refractivity contribution in [1.82, 2.24) is 18.2 Å². The van der Waals surface area contributed by atoms with E-state index >= 15 is 0 Å². The minimum atomic E-state index is -3.67. The fourth-order valence-electron chi connectivity index (χ4n) is 3.21. The summed E-state index contributed by atoms with van der Waals surface area (Å²) in [5.41, 5.74) is 0. The Morgan fingerprint density at radius 2 is 1.79 bits per heavy atom. The van der Waals surface area contributed by atoms with Gasteiger partial charge in [0.25, 0.3) is 10.0 Å². The van der Waals surface area contributed by atoms with Crippen molar-refractivity contribution in [3.8, 4) is 0 Å². The lowest BCUT2D eigenvalue weighted by atomic mass is 10.1. The van der Waals surface area contributed by atoms with Crippen LogP contribution in [0.2, 0.25) is 0 Å². The van der Waals surface area contributed by atoms with Gasteiger partial charge in [0.15, 0.2) is 5.03 Å². The number of rotatable bonds is 5. The van der Waals surface area contributed by atoms with E-state index in [-0.39, 0.29) is 30.2 Å². The smallest absolute Gasteiger partial charge is 0.262 e. The molecule has 0 spiro atoms. The maximum absolute atomic E-state index is 12.5. The van der Waals surface area contributed by atoms with Crippen LogP contribution in [0.3, 0.4) is 0 Å². The number of hydrogen-bond acceptors (Lipinski definition) is 6. The Labute approximate surface area is 142 Å². The Kier molecular flexibility index (Phi) is 4.73. The summed E-state index contributed by atoms with van der Waals surface area (Å²) in [5, 5.41) is -0.0135. The summed E-state index contributed by atoms with van der Waals surface area (Å²) in [5.74, 6) is 0. The first kappa shape index (κ1) is 17.8. The van der Waals surface area contributed by atoms with E-state index in [1.165, 1.54) is 27.4 Å². The Morgan fingerprint density at radius 3 is 2.29 bits per heavy atom. The van der Waals surface area contributed by atoms with Crippen LogP contribution < -0.4 is 0 Å². The van der Waals surface area contributed by atoms with E-state index in [1.807, 2.05) is 0 Å². The summed E-state index contributed by atoms with van der Waals surface area (Å²) in [7, 11) is -5.39. The van der Waals surface area contributed by atoms with Gasteiger partial charge in [-0.25, -0.2) is 21.8 Å². The summed E-state index contributed by atoms with van der Waals surface area (Å²) in [6.45, 7) is 1.37. The van der Waals surface area contributed by atoms with Crippen LogP contribution in [-0.2, 0) is 31.8 Å². The SMILES string of the molecule is Cn1cnc(S(=O)(=O)N2CC(N(C3CCOCC3)S(C)(=O)=O)C2)c1. The van der Waals surface area contributed by atoms with Crippen LogP contribution >= 0.6 is 0 Å². The van der Waals surface area contributed by atoms with Gasteiger partial charge in [-0.05, 0) is 12.8 Å². The maximum Gasteiger partial charge on any atom is 0.262 e. The van der Waals surface area contributed by atoms with E-state index in [1.54, 1.807) is 11.6 Å². The van der Waals surface area contributed by atoms with Crippen LogP contribution in [0.15, 0.2) is 17.6 Å². The van der Waals surface area contributed by atoms with E-state index in [0.29, 0.717) is 26.1 Å². The molecule has 2 fully saturated rings. The molecular weight excluding hydrogens is 356 g/mol. The molecule has 0 aliphatic carbocycles. The molecule has 0 atom stereocenters. The van der Waals surface area contributed by atoms with Crippen LogP contribution in [0.1, 0.15) is 12.8 Å². The average molecular weight is 378 g/mol. The first-order valence-electron chi connectivity index (χ1n) is 7.74.